The Hall–Kier alpha value is -1.17. The summed E-state index contributed by atoms with van der Waals surface area (Å²) in [5.41, 5.74) is 4.85. The van der Waals surface area contributed by atoms with Gasteiger partial charge in [0.25, 0.3) is 0 Å². The first-order chi connectivity index (χ1) is 7.83. The maximum absolute atomic E-state index is 12.1. The fourth-order valence-corrected chi connectivity index (χ4v) is 2.46. The molecule has 96 valence electrons. The van der Waals surface area contributed by atoms with Gasteiger partial charge >= 0.3 is 5.97 Å². The van der Waals surface area contributed by atoms with Gasteiger partial charge in [0, 0.05) is 0 Å². The zero-order valence-electron chi connectivity index (χ0n) is 10.3. The molecular weight excluding hydrogens is 240 g/mol. The van der Waals surface area contributed by atoms with Crippen LogP contribution in [0.5, 0.6) is 0 Å². The fourth-order valence-electron chi connectivity index (χ4n) is 2.20. The Labute approximate surface area is 106 Å². The molecule has 1 fully saturated rings. The lowest BCUT2D eigenvalue weighted by Gasteiger charge is -2.44. The monoisotopic (exact) mass is 258 g/mol. The molecule has 0 aromatic heterocycles. The molecule has 1 aliphatic carbocycles. The molecule has 1 aliphatic rings. The molecule has 6 heteroatoms. The van der Waals surface area contributed by atoms with Crippen LogP contribution in [0.25, 0.3) is 0 Å². The first kappa shape index (κ1) is 13.9. The summed E-state index contributed by atoms with van der Waals surface area (Å²) in [6, 6.07) is -0.686. The summed E-state index contributed by atoms with van der Waals surface area (Å²) >= 11 is 4.96. The lowest BCUT2D eigenvalue weighted by Crippen LogP contribution is -2.58. The van der Waals surface area contributed by atoms with Gasteiger partial charge in [-0.1, -0.05) is 19.1 Å². The number of nitrogens with one attached hydrogen (secondary N) is 1. The standard InChI is InChI=1S/C11H18N2O3S/c1-6-4-11(5-6,9(12)17)10(15)13-7(2)8(14)16-3/h6-7H,4-5H2,1-3H3,(H2,12,17)(H,13,15). The van der Waals surface area contributed by atoms with Crippen molar-refractivity contribution in [1.29, 1.82) is 0 Å². The number of carbonyl (C=O) groups is 2. The Kier molecular flexibility index (Phi) is 4.08. The molecule has 0 radical (unpaired) electrons. The number of amides is 1. The number of methoxy groups -OCH3 is 1. The van der Waals surface area contributed by atoms with Crippen LogP contribution < -0.4 is 11.1 Å². The summed E-state index contributed by atoms with van der Waals surface area (Å²) in [5.74, 6) is -0.333. The zero-order valence-corrected chi connectivity index (χ0v) is 11.1. The van der Waals surface area contributed by atoms with Crippen LogP contribution in [0.3, 0.4) is 0 Å². The van der Waals surface area contributed by atoms with E-state index in [4.69, 9.17) is 18.0 Å². The van der Waals surface area contributed by atoms with Crippen LogP contribution in [-0.4, -0.2) is 30.0 Å². The number of thiocarbonyl (C=S) groups is 1. The van der Waals surface area contributed by atoms with Gasteiger partial charge in [0.1, 0.15) is 6.04 Å². The lowest BCUT2D eigenvalue weighted by atomic mass is 9.62. The van der Waals surface area contributed by atoms with Crippen molar-refractivity contribution in [2.24, 2.45) is 17.1 Å². The molecule has 1 amide bonds. The molecule has 0 bridgehead atoms. The summed E-state index contributed by atoms with van der Waals surface area (Å²) in [5, 5.41) is 2.59. The quantitative estimate of drug-likeness (QED) is 0.562. The van der Waals surface area contributed by atoms with Gasteiger partial charge in [-0.2, -0.15) is 0 Å². The van der Waals surface area contributed by atoms with Crippen molar-refractivity contribution in [1.82, 2.24) is 5.32 Å². The van der Waals surface area contributed by atoms with Gasteiger partial charge in [-0.3, -0.25) is 4.79 Å². The van der Waals surface area contributed by atoms with Crippen molar-refractivity contribution < 1.29 is 14.3 Å². The molecule has 1 saturated carbocycles. The molecule has 1 unspecified atom stereocenters. The summed E-state index contributed by atoms with van der Waals surface area (Å²) in [4.78, 5) is 23.5. The molecule has 1 rings (SSSR count). The van der Waals surface area contributed by atoms with E-state index in [0.717, 1.165) is 0 Å². The third-order valence-corrected chi connectivity index (χ3v) is 3.59. The normalized spacial score (nSPS) is 28.8. The number of rotatable bonds is 4. The van der Waals surface area contributed by atoms with E-state index < -0.39 is 17.4 Å². The fraction of sp³-hybridized carbons (Fsp3) is 0.727. The SMILES string of the molecule is COC(=O)C(C)NC(=O)C1(C(N)=S)CC(C)C1. The minimum atomic E-state index is -0.781. The molecule has 1 atom stereocenters. The maximum Gasteiger partial charge on any atom is 0.328 e. The van der Waals surface area contributed by atoms with Gasteiger partial charge in [0.2, 0.25) is 5.91 Å². The molecule has 0 aromatic carbocycles. The second kappa shape index (κ2) is 5.00. The van der Waals surface area contributed by atoms with E-state index >= 15 is 0 Å². The summed E-state index contributed by atoms with van der Waals surface area (Å²) in [7, 11) is 1.28. The molecule has 17 heavy (non-hydrogen) atoms. The van der Waals surface area contributed by atoms with Crippen LogP contribution in [0.15, 0.2) is 0 Å². The molecule has 0 spiro atoms. The highest BCUT2D eigenvalue weighted by molar-refractivity contribution is 7.80. The first-order valence-corrected chi connectivity index (χ1v) is 5.93. The highest BCUT2D eigenvalue weighted by atomic mass is 32.1. The Morgan fingerprint density at radius 1 is 1.53 bits per heavy atom. The third kappa shape index (κ3) is 2.57. The number of nitrogens with two attached hydrogens (primary N) is 1. The number of esters is 1. The Morgan fingerprint density at radius 2 is 2.06 bits per heavy atom. The molecule has 0 saturated heterocycles. The Morgan fingerprint density at radius 3 is 2.41 bits per heavy atom. The minimum absolute atomic E-state index is 0.199. The molecule has 3 N–H and O–H groups in total. The van der Waals surface area contributed by atoms with E-state index in [0.29, 0.717) is 18.8 Å². The van der Waals surface area contributed by atoms with Crippen molar-refractivity contribution in [2.45, 2.75) is 32.7 Å². The highest BCUT2D eigenvalue weighted by Gasteiger charge is 2.51. The van der Waals surface area contributed by atoms with Crippen molar-refractivity contribution >= 4 is 29.1 Å². The van der Waals surface area contributed by atoms with Gasteiger partial charge in [0.05, 0.1) is 17.5 Å². The number of ether oxygens (including phenoxy) is 1. The topological polar surface area (TPSA) is 81.4 Å². The van der Waals surface area contributed by atoms with Gasteiger partial charge in [-0.15, -0.1) is 0 Å². The van der Waals surface area contributed by atoms with Gasteiger partial charge < -0.3 is 15.8 Å². The zero-order chi connectivity index (χ0) is 13.2. The predicted octanol–water partition coefficient (Wildman–Crippen LogP) is 0.366. The van der Waals surface area contributed by atoms with Crippen molar-refractivity contribution in [3.8, 4) is 0 Å². The summed E-state index contributed by atoms with van der Waals surface area (Å²) in [6.45, 7) is 3.60. The third-order valence-electron chi connectivity index (χ3n) is 3.20. The highest BCUT2D eigenvalue weighted by Crippen LogP contribution is 2.46. The maximum atomic E-state index is 12.1. The average Bonchev–Trinajstić information content (AvgIpc) is 2.22. The number of carbonyl (C=O) groups excluding carboxylic acids is 2. The largest absolute Gasteiger partial charge is 0.467 e. The molecule has 0 aliphatic heterocycles. The second-order valence-electron chi connectivity index (χ2n) is 4.68. The van der Waals surface area contributed by atoms with Crippen LogP contribution in [0.1, 0.15) is 26.7 Å². The Bertz CT molecular complexity index is 351. The lowest BCUT2D eigenvalue weighted by molar-refractivity contribution is -0.146. The molecule has 0 aromatic rings. The molecule has 0 heterocycles. The van der Waals surface area contributed by atoms with Gasteiger partial charge in [-0.05, 0) is 25.7 Å². The number of hydrogen-bond donors (Lipinski definition) is 2. The predicted molar refractivity (Wildman–Crippen MR) is 67.2 cm³/mol. The summed E-state index contributed by atoms with van der Waals surface area (Å²) in [6.07, 6.45) is 1.28. The van der Waals surface area contributed by atoms with E-state index in [-0.39, 0.29) is 10.9 Å². The minimum Gasteiger partial charge on any atom is -0.467 e. The van der Waals surface area contributed by atoms with Crippen LogP contribution in [0.4, 0.5) is 0 Å². The van der Waals surface area contributed by atoms with E-state index in [1.54, 1.807) is 6.92 Å². The van der Waals surface area contributed by atoms with Crippen LogP contribution in [0.2, 0.25) is 0 Å². The first-order valence-electron chi connectivity index (χ1n) is 5.52. The molecule has 5 nitrogen and oxygen atoms in total. The average molecular weight is 258 g/mol. The number of hydrogen-bond acceptors (Lipinski definition) is 4. The molecular formula is C11H18N2O3S. The van der Waals surface area contributed by atoms with E-state index in [1.807, 2.05) is 6.92 Å². The smallest absolute Gasteiger partial charge is 0.328 e. The van der Waals surface area contributed by atoms with E-state index in [2.05, 4.69) is 10.1 Å². The van der Waals surface area contributed by atoms with Gasteiger partial charge in [0.15, 0.2) is 0 Å². The van der Waals surface area contributed by atoms with E-state index in [1.165, 1.54) is 7.11 Å². The van der Waals surface area contributed by atoms with Gasteiger partial charge in [-0.25, -0.2) is 4.79 Å². The van der Waals surface area contributed by atoms with Crippen LogP contribution in [0, 0.1) is 11.3 Å². The van der Waals surface area contributed by atoms with Crippen LogP contribution >= 0.6 is 12.2 Å². The van der Waals surface area contributed by atoms with Crippen LogP contribution in [-0.2, 0) is 14.3 Å². The second-order valence-corrected chi connectivity index (χ2v) is 5.12. The summed E-state index contributed by atoms with van der Waals surface area (Å²) < 4.78 is 4.54. The van der Waals surface area contributed by atoms with E-state index in [9.17, 15) is 9.59 Å². The van der Waals surface area contributed by atoms with Crippen molar-refractivity contribution in [3.63, 3.8) is 0 Å². The van der Waals surface area contributed by atoms with Crippen molar-refractivity contribution in [3.05, 3.63) is 0 Å². The Balaban J connectivity index is 2.69. The van der Waals surface area contributed by atoms with Crippen molar-refractivity contribution in [2.75, 3.05) is 7.11 Å².